The standard InChI is InChI=1S/C24H28FNO4/c1-4-16(2)30-21-12-11-19(15-20(21)22(27)29-3)26-23(28)24(13-5-6-14-24)17-7-9-18(25)10-8-17/h7-12,15-16H,4-6,13-14H2,1-3H3,(H,26,28)/t16-/m0/s1. The van der Waals surface area contributed by atoms with E-state index in [-0.39, 0.29) is 23.4 Å². The summed E-state index contributed by atoms with van der Waals surface area (Å²) < 4.78 is 24.1. The molecule has 0 aliphatic heterocycles. The highest BCUT2D eigenvalue weighted by molar-refractivity contribution is 6.01. The molecule has 6 heteroatoms. The van der Waals surface area contributed by atoms with Crippen molar-refractivity contribution in [2.75, 3.05) is 12.4 Å². The molecule has 1 saturated carbocycles. The molecular weight excluding hydrogens is 385 g/mol. The van der Waals surface area contributed by atoms with Gasteiger partial charge in [-0.3, -0.25) is 4.79 Å². The molecule has 0 spiro atoms. The highest BCUT2D eigenvalue weighted by atomic mass is 19.1. The van der Waals surface area contributed by atoms with E-state index in [2.05, 4.69) is 5.32 Å². The van der Waals surface area contributed by atoms with Crippen LogP contribution in [0.1, 0.15) is 61.9 Å². The molecule has 1 aliphatic rings. The van der Waals surface area contributed by atoms with Gasteiger partial charge in [0.05, 0.1) is 18.6 Å². The smallest absolute Gasteiger partial charge is 0.341 e. The highest BCUT2D eigenvalue weighted by Crippen LogP contribution is 2.42. The number of methoxy groups -OCH3 is 1. The number of anilines is 1. The minimum atomic E-state index is -0.703. The molecule has 1 aliphatic carbocycles. The van der Waals surface area contributed by atoms with Gasteiger partial charge < -0.3 is 14.8 Å². The maximum Gasteiger partial charge on any atom is 0.341 e. The molecule has 0 saturated heterocycles. The predicted octanol–water partition coefficient (Wildman–Crippen LogP) is 5.24. The molecule has 0 heterocycles. The SMILES string of the molecule is CC[C@H](C)Oc1ccc(NC(=O)C2(c3ccc(F)cc3)CCCC2)cc1C(=O)OC. The van der Waals surface area contributed by atoms with Gasteiger partial charge in [-0.25, -0.2) is 9.18 Å². The minimum absolute atomic E-state index is 0.0610. The molecule has 1 amide bonds. The van der Waals surface area contributed by atoms with Gasteiger partial charge in [0.1, 0.15) is 17.1 Å². The van der Waals surface area contributed by atoms with E-state index >= 15 is 0 Å². The van der Waals surface area contributed by atoms with Crippen molar-refractivity contribution in [3.8, 4) is 5.75 Å². The van der Waals surface area contributed by atoms with Crippen LogP contribution in [-0.4, -0.2) is 25.1 Å². The Bertz CT molecular complexity index is 904. The molecule has 30 heavy (non-hydrogen) atoms. The van der Waals surface area contributed by atoms with Crippen molar-refractivity contribution in [1.82, 2.24) is 0 Å². The molecular formula is C24H28FNO4. The number of rotatable bonds is 7. The third-order valence-corrected chi connectivity index (χ3v) is 5.83. The van der Waals surface area contributed by atoms with Crippen LogP contribution in [-0.2, 0) is 14.9 Å². The lowest BCUT2D eigenvalue weighted by Gasteiger charge is -2.28. The van der Waals surface area contributed by atoms with E-state index in [9.17, 15) is 14.0 Å². The van der Waals surface area contributed by atoms with Gasteiger partial charge in [-0.15, -0.1) is 0 Å². The molecule has 3 rings (SSSR count). The van der Waals surface area contributed by atoms with E-state index in [1.807, 2.05) is 13.8 Å². The molecule has 0 bridgehead atoms. The lowest BCUT2D eigenvalue weighted by Crippen LogP contribution is -2.38. The number of ether oxygens (including phenoxy) is 2. The monoisotopic (exact) mass is 413 g/mol. The van der Waals surface area contributed by atoms with Crippen molar-refractivity contribution >= 4 is 17.6 Å². The third kappa shape index (κ3) is 4.48. The zero-order chi connectivity index (χ0) is 21.7. The van der Waals surface area contributed by atoms with Crippen LogP contribution in [0, 0.1) is 5.82 Å². The van der Waals surface area contributed by atoms with Crippen LogP contribution in [0.5, 0.6) is 5.75 Å². The first-order chi connectivity index (χ1) is 14.4. The van der Waals surface area contributed by atoms with Crippen molar-refractivity contribution in [2.45, 2.75) is 57.5 Å². The van der Waals surface area contributed by atoms with Gasteiger partial charge in [-0.05, 0) is 62.1 Å². The first-order valence-electron chi connectivity index (χ1n) is 10.4. The number of hydrogen-bond donors (Lipinski definition) is 1. The number of hydrogen-bond acceptors (Lipinski definition) is 4. The van der Waals surface area contributed by atoms with Crippen LogP contribution in [0.2, 0.25) is 0 Å². The van der Waals surface area contributed by atoms with Gasteiger partial charge in [0.15, 0.2) is 0 Å². The fourth-order valence-corrected chi connectivity index (χ4v) is 3.93. The van der Waals surface area contributed by atoms with Crippen LogP contribution < -0.4 is 10.1 Å². The Balaban J connectivity index is 1.89. The summed E-state index contributed by atoms with van der Waals surface area (Å²) in [6.45, 7) is 3.91. The second-order valence-corrected chi connectivity index (χ2v) is 7.79. The topological polar surface area (TPSA) is 64.6 Å². The Morgan fingerprint density at radius 1 is 1.13 bits per heavy atom. The molecule has 1 fully saturated rings. The van der Waals surface area contributed by atoms with Crippen molar-refractivity contribution in [1.29, 1.82) is 0 Å². The summed E-state index contributed by atoms with van der Waals surface area (Å²) in [5.41, 5.74) is 0.859. The Kier molecular flexibility index (Phi) is 6.75. The van der Waals surface area contributed by atoms with E-state index < -0.39 is 11.4 Å². The van der Waals surface area contributed by atoms with Crippen LogP contribution >= 0.6 is 0 Å². The number of carbonyl (C=O) groups excluding carboxylic acids is 2. The number of benzene rings is 2. The Hall–Kier alpha value is -2.89. The van der Waals surface area contributed by atoms with Crippen LogP contribution in [0.3, 0.4) is 0 Å². The largest absolute Gasteiger partial charge is 0.490 e. The minimum Gasteiger partial charge on any atom is -0.490 e. The Morgan fingerprint density at radius 2 is 1.80 bits per heavy atom. The number of nitrogens with one attached hydrogen (secondary N) is 1. The molecule has 1 atom stereocenters. The van der Waals surface area contributed by atoms with Gasteiger partial charge in [0.2, 0.25) is 5.91 Å². The van der Waals surface area contributed by atoms with E-state index in [1.54, 1.807) is 30.3 Å². The Morgan fingerprint density at radius 3 is 2.40 bits per heavy atom. The zero-order valence-corrected chi connectivity index (χ0v) is 17.7. The van der Waals surface area contributed by atoms with E-state index in [0.29, 0.717) is 24.3 Å². The van der Waals surface area contributed by atoms with Crippen molar-refractivity contribution in [3.63, 3.8) is 0 Å². The summed E-state index contributed by atoms with van der Waals surface area (Å²) in [6, 6.07) is 11.1. The zero-order valence-electron chi connectivity index (χ0n) is 17.7. The summed E-state index contributed by atoms with van der Waals surface area (Å²) >= 11 is 0. The summed E-state index contributed by atoms with van der Waals surface area (Å²) in [7, 11) is 1.31. The van der Waals surface area contributed by atoms with Gasteiger partial charge in [0.25, 0.3) is 0 Å². The fourth-order valence-electron chi connectivity index (χ4n) is 3.93. The third-order valence-electron chi connectivity index (χ3n) is 5.83. The summed E-state index contributed by atoms with van der Waals surface area (Å²) in [4.78, 5) is 25.6. The van der Waals surface area contributed by atoms with Crippen LogP contribution in [0.25, 0.3) is 0 Å². The maximum absolute atomic E-state index is 13.4. The average Bonchev–Trinajstić information content (AvgIpc) is 3.25. The van der Waals surface area contributed by atoms with Gasteiger partial charge in [-0.2, -0.15) is 0 Å². The number of carbonyl (C=O) groups is 2. The van der Waals surface area contributed by atoms with E-state index in [4.69, 9.17) is 9.47 Å². The molecule has 0 aromatic heterocycles. The highest BCUT2D eigenvalue weighted by Gasteiger charge is 2.42. The molecule has 160 valence electrons. The van der Waals surface area contributed by atoms with E-state index in [0.717, 1.165) is 24.8 Å². The normalized spacial score (nSPS) is 16.0. The number of halogens is 1. The lowest BCUT2D eigenvalue weighted by atomic mass is 9.78. The van der Waals surface area contributed by atoms with Crippen LogP contribution in [0.15, 0.2) is 42.5 Å². The first-order valence-corrected chi connectivity index (χ1v) is 10.4. The van der Waals surface area contributed by atoms with Gasteiger partial charge in [0, 0.05) is 5.69 Å². The molecule has 0 radical (unpaired) electrons. The summed E-state index contributed by atoms with van der Waals surface area (Å²) in [5, 5.41) is 2.96. The first kappa shape index (κ1) is 21.8. The number of esters is 1. The quantitative estimate of drug-likeness (QED) is 0.631. The molecule has 1 N–H and O–H groups in total. The van der Waals surface area contributed by atoms with Gasteiger partial charge >= 0.3 is 5.97 Å². The summed E-state index contributed by atoms with van der Waals surface area (Å²) in [6.07, 6.45) is 3.99. The predicted molar refractivity (Wildman–Crippen MR) is 113 cm³/mol. The van der Waals surface area contributed by atoms with E-state index in [1.165, 1.54) is 19.2 Å². The summed E-state index contributed by atoms with van der Waals surface area (Å²) in [5.74, 6) is -0.591. The van der Waals surface area contributed by atoms with Crippen molar-refractivity contribution in [2.24, 2.45) is 0 Å². The molecule has 2 aromatic rings. The van der Waals surface area contributed by atoms with Crippen LogP contribution in [0.4, 0.5) is 10.1 Å². The van der Waals surface area contributed by atoms with Crippen molar-refractivity contribution < 1.29 is 23.5 Å². The maximum atomic E-state index is 13.4. The second-order valence-electron chi connectivity index (χ2n) is 7.79. The Labute approximate surface area is 176 Å². The van der Waals surface area contributed by atoms with Crippen molar-refractivity contribution in [3.05, 3.63) is 59.4 Å². The molecule has 2 aromatic carbocycles. The fraction of sp³-hybridized carbons (Fsp3) is 0.417. The van der Waals surface area contributed by atoms with Gasteiger partial charge in [-0.1, -0.05) is 31.9 Å². The number of amides is 1. The second kappa shape index (κ2) is 9.28. The molecule has 0 unspecified atom stereocenters. The average molecular weight is 413 g/mol. The molecule has 5 nitrogen and oxygen atoms in total. The lowest BCUT2D eigenvalue weighted by molar-refractivity contribution is -0.121.